The number of anilines is 1. The van der Waals surface area contributed by atoms with Crippen molar-refractivity contribution in [2.75, 3.05) is 11.9 Å². The van der Waals surface area contributed by atoms with Gasteiger partial charge in [0.15, 0.2) is 0 Å². The fourth-order valence-electron chi connectivity index (χ4n) is 3.07. The molecule has 1 aliphatic rings. The summed E-state index contributed by atoms with van der Waals surface area (Å²) >= 11 is 0. The molecule has 1 saturated carbocycles. The molecule has 0 saturated heterocycles. The summed E-state index contributed by atoms with van der Waals surface area (Å²) in [5, 5.41) is 2.72. The smallest absolute Gasteiger partial charge is 0.225 e. The van der Waals surface area contributed by atoms with Gasteiger partial charge in [-0.25, -0.2) is 4.39 Å². The largest absolute Gasteiger partial charge is 0.330 e. The molecule has 1 fully saturated rings. The van der Waals surface area contributed by atoms with E-state index in [0.717, 1.165) is 31.2 Å². The van der Waals surface area contributed by atoms with Gasteiger partial charge in [-0.2, -0.15) is 0 Å². The van der Waals surface area contributed by atoms with Crippen molar-refractivity contribution in [1.82, 2.24) is 0 Å². The van der Waals surface area contributed by atoms with Crippen LogP contribution in [-0.4, -0.2) is 12.5 Å². The molecule has 1 aliphatic carbocycles. The lowest BCUT2D eigenvalue weighted by atomic mass is 9.71. The van der Waals surface area contributed by atoms with Crippen LogP contribution in [0.1, 0.15) is 44.1 Å². The number of halogens is 2. The molecule has 3 N–H and O–H groups in total. The average Bonchev–Trinajstić information content (AvgIpc) is 2.44. The summed E-state index contributed by atoms with van der Waals surface area (Å²) in [4.78, 5) is 12.2. The van der Waals surface area contributed by atoms with Crippen molar-refractivity contribution >= 4 is 24.0 Å². The number of benzene rings is 1. The third-order valence-corrected chi connectivity index (χ3v) is 4.37. The molecule has 0 atom stereocenters. The third kappa shape index (κ3) is 4.42. The summed E-state index contributed by atoms with van der Waals surface area (Å²) in [5.74, 6) is -0.519. The number of para-hydroxylation sites is 1. The van der Waals surface area contributed by atoms with Crippen molar-refractivity contribution in [1.29, 1.82) is 0 Å². The van der Waals surface area contributed by atoms with Crippen molar-refractivity contribution in [2.45, 2.75) is 45.4 Å². The number of nitrogens with one attached hydrogen (secondary N) is 1. The molecule has 0 bridgehead atoms. The van der Waals surface area contributed by atoms with E-state index in [1.54, 1.807) is 19.1 Å². The van der Waals surface area contributed by atoms with Crippen molar-refractivity contribution in [3.05, 3.63) is 29.6 Å². The Hall–Kier alpha value is -1.13. The Balaban J connectivity index is 0.00000220. The van der Waals surface area contributed by atoms with Gasteiger partial charge < -0.3 is 11.1 Å². The lowest BCUT2D eigenvalue weighted by Gasteiger charge is -2.35. The summed E-state index contributed by atoms with van der Waals surface area (Å²) in [6, 6.07) is 4.79. The summed E-state index contributed by atoms with van der Waals surface area (Å²) in [6.07, 6.45) is 5.85. The first-order valence-corrected chi connectivity index (χ1v) is 7.31. The highest BCUT2D eigenvalue weighted by Gasteiger charge is 2.33. The van der Waals surface area contributed by atoms with Crippen LogP contribution in [0.5, 0.6) is 0 Å². The zero-order valence-corrected chi connectivity index (χ0v) is 13.3. The molecule has 0 radical (unpaired) electrons. The van der Waals surface area contributed by atoms with Crippen LogP contribution in [0, 0.1) is 18.2 Å². The molecule has 1 amide bonds. The second kappa shape index (κ2) is 7.76. The topological polar surface area (TPSA) is 55.1 Å². The van der Waals surface area contributed by atoms with E-state index in [0.29, 0.717) is 18.7 Å². The van der Waals surface area contributed by atoms with Crippen LogP contribution >= 0.6 is 12.4 Å². The van der Waals surface area contributed by atoms with Gasteiger partial charge in [-0.05, 0) is 43.4 Å². The zero-order chi connectivity index (χ0) is 14.6. The first-order chi connectivity index (χ1) is 9.56. The molecule has 21 heavy (non-hydrogen) atoms. The summed E-state index contributed by atoms with van der Waals surface area (Å²) in [7, 11) is 0. The highest BCUT2D eigenvalue weighted by Crippen LogP contribution is 2.38. The van der Waals surface area contributed by atoms with Crippen molar-refractivity contribution < 1.29 is 9.18 Å². The maximum absolute atomic E-state index is 13.7. The Morgan fingerprint density at radius 3 is 2.57 bits per heavy atom. The van der Waals surface area contributed by atoms with Crippen molar-refractivity contribution in [3.63, 3.8) is 0 Å². The van der Waals surface area contributed by atoms with E-state index in [1.807, 2.05) is 0 Å². The Bertz CT molecular complexity index is 467. The second-order valence-electron chi connectivity index (χ2n) is 5.92. The van der Waals surface area contributed by atoms with Gasteiger partial charge in [0.25, 0.3) is 0 Å². The average molecular weight is 315 g/mol. The zero-order valence-electron chi connectivity index (χ0n) is 12.5. The predicted molar refractivity (Wildman–Crippen MR) is 86.2 cm³/mol. The summed E-state index contributed by atoms with van der Waals surface area (Å²) in [5.41, 5.74) is 6.82. The van der Waals surface area contributed by atoms with E-state index in [2.05, 4.69) is 5.32 Å². The number of carbonyl (C=O) groups excluding carboxylic acids is 1. The minimum absolute atomic E-state index is 0. The first kappa shape index (κ1) is 17.9. The number of aryl methyl sites for hydroxylation is 1. The van der Waals surface area contributed by atoms with E-state index in [9.17, 15) is 9.18 Å². The molecule has 1 aromatic rings. The van der Waals surface area contributed by atoms with Crippen LogP contribution in [-0.2, 0) is 4.79 Å². The molecule has 1 aromatic carbocycles. The fourth-order valence-corrected chi connectivity index (χ4v) is 3.07. The molecular weight excluding hydrogens is 291 g/mol. The molecule has 0 aliphatic heterocycles. The molecule has 0 unspecified atom stereocenters. The van der Waals surface area contributed by atoms with Gasteiger partial charge in [0, 0.05) is 6.42 Å². The van der Waals surface area contributed by atoms with Gasteiger partial charge in [0.05, 0.1) is 5.69 Å². The van der Waals surface area contributed by atoms with Gasteiger partial charge in [0.1, 0.15) is 5.82 Å². The Kier molecular flexibility index (Phi) is 6.62. The molecule has 0 heterocycles. The Morgan fingerprint density at radius 2 is 2.00 bits per heavy atom. The summed E-state index contributed by atoms with van der Waals surface area (Å²) < 4.78 is 13.7. The normalized spacial score (nSPS) is 16.9. The van der Waals surface area contributed by atoms with E-state index in [1.165, 1.54) is 12.5 Å². The van der Waals surface area contributed by atoms with E-state index in [-0.39, 0.29) is 29.5 Å². The monoisotopic (exact) mass is 314 g/mol. The van der Waals surface area contributed by atoms with Crippen molar-refractivity contribution in [2.24, 2.45) is 11.1 Å². The van der Waals surface area contributed by atoms with Gasteiger partial charge >= 0.3 is 0 Å². The highest BCUT2D eigenvalue weighted by molar-refractivity contribution is 5.92. The SMILES string of the molecule is Cc1cccc(F)c1NC(=O)CC1(CN)CCCCC1.Cl. The number of hydrogen-bond donors (Lipinski definition) is 2. The van der Waals surface area contributed by atoms with Gasteiger partial charge in [-0.3, -0.25) is 4.79 Å². The molecular formula is C16H24ClFN2O. The number of carbonyl (C=O) groups is 1. The quantitative estimate of drug-likeness (QED) is 0.888. The highest BCUT2D eigenvalue weighted by atomic mass is 35.5. The second-order valence-corrected chi connectivity index (χ2v) is 5.92. The Labute approximate surface area is 131 Å². The number of nitrogens with two attached hydrogens (primary N) is 1. The molecule has 0 spiro atoms. The van der Waals surface area contributed by atoms with Crippen molar-refractivity contribution in [3.8, 4) is 0 Å². The van der Waals surface area contributed by atoms with Crippen LogP contribution in [0.4, 0.5) is 10.1 Å². The van der Waals surface area contributed by atoms with E-state index >= 15 is 0 Å². The summed E-state index contributed by atoms with van der Waals surface area (Å²) in [6.45, 7) is 2.31. The third-order valence-electron chi connectivity index (χ3n) is 4.37. The molecule has 5 heteroatoms. The van der Waals surface area contributed by atoms with Crippen LogP contribution < -0.4 is 11.1 Å². The van der Waals surface area contributed by atoms with E-state index in [4.69, 9.17) is 5.73 Å². The minimum atomic E-state index is -0.385. The molecule has 0 aromatic heterocycles. The number of rotatable bonds is 4. The van der Waals surface area contributed by atoms with Crippen LogP contribution in [0.3, 0.4) is 0 Å². The Morgan fingerprint density at radius 1 is 1.33 bits per heavy atom. The molecule has 3 nitrogen and oxygen atoms in total. The maximum atomic E-state index is 13.7. The standard InChI is InChI=1S/C16H23FN2O.ClH/c1-12-6-5-7-13(17)15(12)19-14(20)10-16(11-18)8-3-2-4-9-16;/h5-7H,2-4,8-11,18H2,1H3,(H,19,20);1H. The first-order valence-electron chi connectivity index (χ1n) is 7.31. The van der Waals surface area contributed by atoms with Gasteiger partial charge in [0.2, 0.25) is 5.91 Å². The van der Waals surface area contributed by atoms with Crippen LogP contribution in [0.2, 0.25) is 0 Å². The number of amides is 1. The van der Waals surface area contributed by atoms with Crippen LogP contribution in [0.15, 0.2) is 18.2 Å². The van der Waals surface area contributed by atoms with E-state index < -0.39 is 0 Å². The molecule has 118 valence electrons. The van der Waals surface area contributed by atoms with Gasteiger partial charge in [-0.1, -0.05) is 31.4 Å². The lowest BCUT2D eigenvalue weighted by Crippen LogP contribution is -2.36. The number of hydrogen-bond acceptors (Lipinski definition) is 2. The van der Waals surface area contributed by atoms with Crippen LogP contribution in [0.25, 0.3) is 0 Å². The minimum Gasteiger partial charge on any atom is -0.330 e. The lowest BCUT2D eigenvalue weighted by molar-refractivity contribution is -0.118. The molecule has 2 rings (SSSR count). The van der Waals surface area contributed by atoms with Gasteiger partial charge in [-0.15, -0.1) is 12.4 Å². The predicted octanol–water partition coefficient (Wildman–Crippen LogP) is 3.79. The maximum Gasteiger partial charge on any atom is 0.225 e. The fraction of sp³-hybridized carbons (Fsp3) is 0.562.